The maximum absolute atomic E-state index is 11.9. The lowest BCUT2D eigenvalue weighted by molar-refractivity contribution is 0.0570. The topological polar surface area (TPSA) is 96.5 Å². The van der Waals surface area contributed by atoms with Crippen LogP contribution in [0.5, 0.6) is 0 Å². The van der Waals surface area contributed by atoms with E-state index in [0.717, 1.165) is 6.26 Å². The molecule has 2 aromatic heterocycles. The van der Waals surface area contributed by atoms with Gasteiger partial charge in [-0.3, -0.25) is 4.79 Å². The van der Waals surface area contributed by atoms with E-state index in [2.05, 4.69) is 9.36 Å². The third-order valence-corrected chi connectivity index (χ3v) is 3.48. The number of carbonyl (C=O) groups excluding carboxylic acids is 1. The van der Waals surface area contributed by atoms with Crippen LogP contribution in [0.3, 0.4) is 0 Å². The van der Waals surface area contributed by atoms with Crippen molar-refractivity contribution in [2.75, 3.05) is 13.1 Å². The van der Waals surface area contributed by atoms with Crippen LogP contribution >= 0.6 is 11.5 Å². The SMILES string of the molecule is O=C(O)c1coc(C2CN(C(=O)c3ccsn3)C2)n1. The highest BCUT2D eigenvalue weighted by Gasteiger charge is 2.36. The highest BCUT2D eigenvalue weighted by Crippen LogP contribution is 2.27. The predicted molar refractivity (Wildman–Crippen MR) is 64.2 cm³/mol. The summed E-state index contributed by atoms with van der Waals surface area (Å²) in [5.74, 6) is -0.928. The molecular weight excluding hydrogens is 270 g/mol. The summed E-state index contributed by atoms with van der Waals surface area (Å²) in [6, 6.07) is 1.67. The lowest BCUT2D eigenvalue weighted by Gasteiger charge is -2.36. The van der Waals surface area contributed by atoms with E-state index in [1.54, 1.807) is 16.3 Å². The zero-order chi connectivity index (χ0) is 13.4. The minimum atomic E-state index is -1.12. The van der Waals surface area contributed by atoms with Crippen LogP contribution in [0.25, 0.3) is 0 Å². The molecule has 98 valence electrons. The van der Waals surface area contributed by atoms with Crippen LogP contribution in [-0.4, -0.2) is 44.3 Å². The molecule has 1 fully saturated rings. The molecule has 0 aromatic carbocycles. The fourth-order valence-corrected chi connectivity index (χ4v) is 2.36. The van der Waals surface area contributed by atoms with Crippen LogP contribution in [0.1, 0.15) is 32.8 Å². The quantitative estimate of drug-likeness (QED) is 0.902. The molecule has 1 amide bonds. The van der Waals surface area contributed by atoms with Gasteiger partial charge in [0.05, 0.1) is 5.92 Å². The van der Waals surface area contributed by atoms with E-state index >= 15 is 0 Å². The summed E-state index contributed by atoms with van der Waals surface area (Å²) < 4.78 is 9.08. The molecule has 0 atom stereocenters. The molecule has 7 nitrogen and oxygen atoms in total. The van der Waals surface area contributed by atoms with E-state index in [4.69, 9.17) is 9.52 Å². The molecule has 0 unspecified atom stereocenters. The molecule has 1 saturated heterocycles. The Morgan fingerprint density at radius 2 is 2.21 bits per heavy atom. The van der Waals surface area contributed by atoms with E-state index in [0.29, 0.717) is 24.7 Å². The number of carbonyl (C=O) groups is 2. The zero-order valence-corrected chi connectivity index (χ0v) is 10.5. The molecule has 0 radical (unpaired) electrons. The number of hydrogen-bond acceptors (Lipinski definition) is 6. The molecule has 0 aliphatic carbocycles. The Bertz CT molecular complexity index is 616. The van der Waals surface area contributed by atoms with Gasteiger partial charge in [0.25, 0.3) is 5.91 Å². The molecule has 0 saturated carbocycles. The average molecular weight is 279 g/mol. The second kappa shape index (κ2) is 4.47. The second-order valence-electron chi connectivity index (χ2n) is 4.17. The van der Waals surface area contributed by atoms with Crippen LogP contribution in [0.15, 0.2) is 22.1 Å². The lowest BCUT2D eigenvalue weighted by atomic mass is 10.00. The molecule has 3 heterocycles. The maximum atomic E-state index is 11.9. The first-order chi connectivity index (χ1) is 9.15. The van der Waals surface area contributed by atoms with Gasteiger partial charge in [0.15, 0.2) is 5.69 Å². The van der Waals surface area contributed by atoms with Crippen molar-refractivity contribution in [2.24, 2.45) is 0 Å². The normalized spacial score (nSPS) is 15.3. The van der Waals surface area contributed by atoms with Gasteiger partial charge in [0.1, 0.15) is 12.0 Å². The van der Waals surface area contributed by atoms with E-state index in [9.17, 15) is 9.59 Å². The average Bonchev–Trinajstić information content (AvgIpc) is 2.98. The predicted octanol–water partition coefficient (Wildman–Crippen LogP) is 1.07. The van der Waals surface area contributed by atoms with Crippen molar-refractivity contribution in [1.82, 2.24) is 14.3 Å². The number of aromatic nitrogens is 2. The number of oxazole rings is 1. The molecule has 1 aliphatic heterocycles. The molecule has 1 aliphatic rings. The first-order valence-corrected chi connectivity index (χ1v) is 6.37. The minimum Gasteiger partial charge on any atom is -0.476 e. The highest BCUT2D eigenvalue weighted by atomic mass is 32.1. The smallest absolute Gasteiger partial charge is 0.357 e. The van der Waals surface area contributed by atoms with Gasteiger partial charge in [-0.25, -0.2) is 9.78 Å². The van der Waals surface area contributed by atoms with Gasteiger partial charge in [0, 0.05) is 18.5 Å². The van der Waals surface area contributed by atoms with Crippen molar-refractivity contribution in [2.45, 2.75) is 5.92 Å². The first-order valence-electron chi connectivity index (χ1n) is 5.53. The van der Waals surface area contributed by atoms with Crippen molar-refractivity contribution in [3.05, 3.63) is 35.0 Å². The molecule has 8 heteroatoms. The van der Waals surface area contributed by atoms with Gasteiger partial charge in [-0.2, -0.15) is 4.37 Å². The molecule has 3 rings (SSSR count). The number of rotatable bonds is 3. The number of nitrogens with zero attached hydrogens (tertiary/aromatic N) is 3. The monoisotopic (exact) mass is 279 g/mol. The number of carboxylic acids is 1. The number of likely N-dealkylation sites (tertiary alicyclic amines) is 1. The minimum absolute atomic E-state index is 0.0457. The summed E-state index contributed by atoms with van der Waals surface area (Å²) in [4.78, 5) is 28.1. The van der Waals surface area contributed by atoms with Gasteiger partial charge < -0.3 is 14.4 Å². The molecule has 1 N–H and O–H groups in total. The molecule has 2 aromatic rings. The van der Waals surface area contributed by atoms with Gasteiger partial charge in [-0.05, 0) is 17.6 Å². The Labute approximate surface area is 111 Å². The van der Waals surface area contributed by atoms with Crippen LogP contribution in [0.2, 0.25) is 0 Å². The summed E-state index contributed by atoms with van der Waals surface area (Å²) in [6.07, 6.45) is 1.11. The Hall–Kier alpha value is -2.22. The standard InChI is InChI=1S/C11H9N3O4S/c15-10(7-1-2-19-13-7)14-3-6(4-14)9-12-8(5-18-9)11(16)17/h1-2,5-6H,3-4H2,(H,16,17). The molecule has 0 bridgehead atoms. The lowest BCUT2D eigenvalue weighted by Crippen LogP contribution is -2.48. The number of amides is 1. The Kier molecular flexibility index (Phi) is 2.79. The Morgan fingerprint density at radius 1 is 1.42 bits per heavy atom. The Balaban J connectivity index is 1.63. The molecular formula is C11H9N3O4S. The van der Waals surface area contributed by atoms with Gasteiger partial charge in [0.2, 0.25) is 5.89 Å². The summed E-state index contributed by atoms with van der Waals surface area (Å²) in [6.45, 7) is 0.936. The van der Waals surface area contributed by atoms with E-state index < -0.39 is 5.97 Å². The van der Waals surface area contributed by atoms with E-state index in [1.807, 2.05) is 0 Å². The highest BCUT2D eigenvalue weighted by molar-refractivity contribution is 7.03. The van der Waals surface area contributed by atoms with Crippen LogP contribution in [0.4, 0.5) is 0 Å². The first kappa shape index (κ1) is 11.8. The Morgan fingerprint density at radius 3 is 2.79 bits per heavy atom. The van der Waals surface area contributed by atoms with Gasteiger partial charge >= 0.3 is 5.97 Å². The second-order valence-corrected chi connectivity index (χ2v) is 4.83. The van der Waals surface area contributed by atoms with Crippen molar-refractivity contribution in [3.63, 3.8) is 0 Å². The fourth-order valence-electron chi connectivity index (χ4n) is 1.86. The third-order valence-electron chi connectivity index (χ3n) is 2.92. The van der Waals surface area contributed by atoms with E-state index in [1.165, 1.54) is 11.5 Å². The molecule has 0 spiro atoms. The number of hydrogen-bond donors (Lipinski definition) is 1. The summed E-state index contributed by atoms with van der Waals surface area (Å²) in [5.41, 5.74) is 0.321. The van der Waals surface area contributed by atoms with Crippen molar-refractivity contribution in [1.29, 1.82) is 0 Å². The van der Waals surface area contributed by atoms with Gasteiger partial charge in [-0.1, -0.05) is 0 Å². The van der Waals surface area contributed by atoms with Crippen LogP contribution in [0, 0.1) is 0 Å². The third kappa shape index (κ3) is 2.10. The van der Waals surface area contributed by atoms with Crippen LogP contribution < -0.4 is 0 Å². The van der Waals surface area contributed by atoms with Crippen molar-refractivity contribution < 1.29 is 19.1 Å². The zero-order valence-electron chi connectivity index (χ0n) is 9.65. The van der Waals surface area contributed by atoms with Crippen molar-refractivity contribution >= 4 is 23.4 Å². The summed E-state index contributed by atoms with van der Waals surface area (Å²) in [5, 5.41) is 10.5. The van der Waals surface area contributed by atoms with Crippen LogP contribution in [-0.2, 0) is 0 Å². The number of aromatic carboxylic acids is 1. The van der Waals surface area contributed by atoms with E-state index in [-0.39, 0.29) is 17.5 Å². The summed E-state index contributed by atoms with van der Waals surface area (Å²) >= 11 is 1.23. The number of carboxylic acid groups (broad SMARTS) is 1. The van der Waals surface area contributed by atoms with Crippen molar-refractivity contribution in [3.8, 4) is 0 Å². The molecule has 19 heavy (non-hydrogen) atoms. The fraction of sp³-hybridized carbons (Fsp3) is 0.273. The largest absolute Gasteiger partial charge is 0.476 e. The summed E-state index contributed by atoms with van der Waals surface area (Å²) in [7, 11) is 0. The van der Waals surface area contributed by atoms with Gasteiger partial charge in [-0.15, -0.1) is 0 Å². The maximum Gasteiger partial charge on any atom is 0.357 e.